The molecule has 3 aromatic carbocycles. The zero-order valence-corrected chi connectivity index (χ0v) is 20.9. The van der Waals surface area contributed by atoms with Gasteiger partial charge in [0.15, 0.2) is 0 Å². The number of nitrogens with zero attached hydrogens (tertiary/aromatic N) is 2. The van der Waals surface area contributed by atoms with E-state index in [2.05, 4.69) is 10.3 Å². The number of imide groups is 1. The van der Waals surface area contributed by atoms with Crippen molar-refractivity contribution in [2.75, 3.05) is 12.4 Å². The number of rotatable bonds is 7. The Morgan fingerprint density at radius 2 is 1.57 bits per heavy atom. The fourth-order valence-electron chi connectivity index (χ4n) is 5.04. The number of carbonyl (C=O) groups excluding carboxylic acids is 3. The van der Waals surface area contributed by atoms with Crippen LogP contribution in [0, 0.1) is 5.41 Å². The summed E-state index contributed by atoms with van der Waals surface area (Å²) in [6, 6.07) is 22.4. The Kier molecular flexibility index (Phi) is 6.21. The molecule has 0 radical (unpaired) electrons. The molecular formula is C30H27N3O4. The van der Waals surface area contributed by atoms with Crippen LogP contribution in [0.15, 0.2) is 85.1 Å². The van der Waals surface area contributed by atoms with Gasteiger partial charge in [-0.15, -0.1) is 0 Å². The lowest BCUT2D eigenvalue weighted by Crippen LogP contribution is -2.55. The second kappa shape index (κ2) is 9.50. The minimum absolute atomic E-state index is 0.303. The van der Waals surface area contributed by atoms with Gasteiger partial charge >= 0.3 is 0 Å². The molecule has 2 heterocycles. The van der Waals surface area contributed by atoms with E-state index in [1.807, 2.05) is 62.4 Å². The van der Waals surface area contributed by atoms with Crippen molar-refractivity contribution in [3.8, 4) is 5.75 Å². The van der Waals surface area contributed by atoms with Gasteiger partial charge in [-0.1, -0.05) is 56.3 Å². The minimum atomic E-state index is -1.08. The van der Waals surface area contributed by atoms with Crippen LogP contribution in [0.5, 0.6) is 5.75 Å². The van der Waals surface area contributed by atoms with E-state index < -0.39 is 29.2 Å². The molecule has 37 heavy (non-hydrogen) atoms. The molecule has 0 aliphatic carbocycles. The molecule has 1 aliphatic heterocycles. The molecule has 1 unspecified atom stereocenters. The van der Waals surface area contributed by atoms with Crippen molar-refractivity contribution in [3.63, 3.8) is 0 Å². The van der Waals surface area contributed by atoms with Crippen molar-refractivity contribution in [2.24, 2.45) is 5.41 Å². The van der Waals surface area contributed by atoms with E-state index in [9.17, 15) is 14.4 Å². The average Bonchev–Trinajstić information content (AvgIpc) is 3.14. The normalized spacial score (nSPS) is 14.0. The smallest absolute Gasteiger partial charge is 0.262 e. The molecule has 186 valence electrons. The van der Waals surface area contributed by atoms with Gasteiger partial charge in [0.1, 0.15) is 11.8 Å². The van der Waals surface area contributed by atoms with Gasteiger partial charge in [0.25, 0.3) is 11.8 Å². The summed E-state index contributed by atoms with van der Waals surface area (Å²) in [5.74, 6) is -0.676. The summed E-state index contributed by atoms with van der Waals surface area (Å²) < 4.78 is 5.26. The first-order valence-electron chi connectivity index (χ1n) is 12.0. The van der Waals surface area contributed by atoms with Crippen molar-refractivity contribution < 1.29 is 19.1 Å². The highest BCUT2D eigenvalue weighted by Gasteiger charge is 2.49. The van der Waals surface area contributed by atoms with E-state index in [0.29, 0.717) is 28.8 Å². The Bertz CT molecular complexity index is 1470. The maximum Gasteiger partial charge on any atom is 0.262 e. The summed E-state index contributed by atoms with van der Waals surface area (Å²) in [6.07, 6.45) is 2.10. The summed E-state index contributed by atoms with van der Waals surface area (Å²) in [6.45, 7) is 3.79. The van der Waals surface area contributed by atoms with Gasteiger partial charge < -0.3 is 10.1 Å². The molecule has 0 spiro atoms. The summed E-state index contributed by atoms with van der Waals surface area (Å²) in [5.41, 5.74) is 1.89. The van der Waals surface area contributed by atoms with Gasteiger partial charge in [0.05, 0.1) is 29.4 Å². The van der Waals surface area contributed by atoms with Crippen molar-refractivity contribution >= 4 is 34.3 Å². The third kappa shape index (κ3) is 4.44. The highest BCUT2D eigenvalue weighted by atomic mass is 16.5. The Morgan fingerprint density at radius 1 is 0.919 bits per heavy atom. The molecule has 5 rings (SSSR count). The third-order valence-corrected chi connectivity index (χ3v) is 6.78. The SMILES string of the molecule is COc1ccc(CC(C)(C)C(C(=O)Nc2cccc3cccnc23)N2C(=O)c3ccccc3C2=O)cc1. The number of hydrogen-bond donors (Lipinski definition) is 1. The first kappa shape index (κ1) is 24.2. The largest absolute Gasteiger partial charge is 0.497 e. The van der Waals surface area contributed by atoms with Crippen LogP contribution in [0.1, 0.15) is 40.1 Å². The fourth-order valence-corrected chi connectivity index (χ4v) is 5.04. The molecular weight excluding hydrogens is 466 g/mol. The Hall–Kier alpha value is -4.52. The van der Waals surface area contributed by atoms with Crippen LogP contribution < -0.4 is 10.1 Å². The molecule has 1 aliphatic rings. The number of aromatic nitrogens is 1. The number of anilines is 1. The number of fused-ring (bicyclic) bond motifs is 2. The quantitative estimate of drug-likeness (QED) is 0.361. The number of para-hydroxylation sites is 1. The van der Waals surface area contributed by atoms with Crippen LogP contribution in [0.3, 0.4) is 0 Å². The number of carbonyl (C=O) groups is 3. The number of methoxy groups -OCH3 is 1. The third-order valence-electron chi connectivity index (χ3n) is 6.78. The van der Waals surface area contributed by atoms with E-state index in [1.54, 1.807) is 43.6 Å². The zero-order valence-electron chi connectivity index (χ0n) is 20.9. The Labute approximate surface area is 215 Å². The Morgan fingerprint density at radius 3 is 2.22 bits per heavy atom. The predicted octanol–water partition coefficient (Wildman–Crippen LogP) is 5.12. The van der Waals surface area contributed by atoms with Crippen molar-refractivity contribution in [2.45, 2.75) is 26.3 Å². The number of benzene rings is 3. The summed E-state index contributed by atoms with van der Waals surface area (Å²) in [4.78, 5) is 46.5. The molecule has 7 heteroatoms. The molecule has 0 fully saturated rings. The lowest BCUT2D eigenvalue weighted by Gasteiger charge is -2.38. The number of ether oxygens (including phenoxy) is 1. The van der Waals surface area contributed by atoms with Crippen LogP contribution in [-0.2, 0) is 11.2 Å². The standard InChI is InChI=1S/C30H27N3O4/c1-30(2,18-19-13-15-21(37-3)16-14-19)26(33-28(35)22-10-4-5-11-23(22)29(33)36)27(34)32-24-12-6-8-20-9-7-17-31-25(20)24/h4-17,26H,18H2,1-3H3,(H,32,34). The number of pyridine rings is 1. The number of hydrogen-bond acceptors (Lipinski definition) is 5. The van der Waals surface area contributed by atoms with Crippen LogP contribution in [0.2, 0.25) is 0 Å². The summed E-state index contributed by atoms with van der Waals surface area (Å²) in [5, 5.41) is 3.84. The van der Waals surface area contributed by atoms with Gasteiger partial charge in [-0.05, 0) is 53.8 Å². The van der Waals surface area contributed by atoms with Crippen molar-refractivity contribution in [1.82, 2.24) is 9.88 Å². The molecule has 0 bridgehead atoms. The van der Waals surface area contributed by atoms with Gasteiger partial charge in [0, 0.05) is 11.6 Å². The zero-order chi connectivity index (χ0) is 26.2. The lowest BCUT2D eigenvalue weighted by atomic mass is 9.77. The van der Waals surface area contributed by atoms with Gasteiger partial charge in [-0.25, -0.2) is 0 Å². The molecule has 1 atom stereocenters. The number of amides is 3. The highest BCUT2D eigenvalue weighted by molar-refractivity contribution is 6.23. The lowest BCUT2D eigenvalue weighted by molar-refractivity contribution is -0.123. The maximum absolute atomic E-state index is 14.0. The molecule has 0 saturated heterocycles. The minimum Gasteiger partial charge on any atom is -0.497 e. The predicted molar refractivity (Wildman–Crippen MR) is 142 cm³/mol. The topological polar surface area (TPSA) is 88.6 Å². The van der Waals surface area contributed by atoms with Crippen LogP contribution in [0.25, 0.3) is 10.9 Å². The first-order chi connectivity index (χ1) is 17.8. The van der Waals surface area contributed by atoms with E-state index in [1.165, 1.54) is 0 Å². The number of nitrogens with one attached hydrogen (secondary N) is 1. The van der Waals surface area contributed by atoms with Gasteiger partial charge in [-0.3, -0.25) is 24.3 Å². The van der Waals surface area contributed by atoms with Crippen molar-refractivity contribution in [1.29, 1.82) is 0 Å². The average molecular weight is 494 g/mol. The van der Waals surface area contributed by atoms with Gasteiger partial charge in [0.2, 0.25) is 5.91 Å². The molecule has 1 aromatic heterocycles. The van der Waals surface area contributed by atoms with Crippen LogP contribution in [-0.4, -0.2) is 40.8 Å². The van der Waals surface area contributed by atoms with Crippen LogP contribution in [0.4, 0.5) is 5.69 Å². The highest BCUT2D eigenvalue weighted by Crippen LogP contribution is 2.36. The maximum atomic E-state index is 14.0. The monoisotopic (exact) mass is 493 g/mol. The van der Waals surface area contributed by atoms with E-state index in [4.69, 9.17) is 4.74 Å². The van der Waals surface area contributed by atoms with Crippen molar-refractivity contribution in [3.05, 3.63) is 102 Å². The second-order valence-electron chi connectivity index (χ2n) is 9.81. The second-order valence-corrected chi connectivity index (χ2v) is 9.81. The van der Waals surface area contributed by atoms with E-state index in [-0.39, 0.29) is 0 Å². The molecule has 3 amide bonds. The van der Waals surface area contributed by atoms with Gasteiger partial charge in [-0.2, -0.15) is 0 Å². The molecule has 7 nitrogen and oxygen atoms in total. The molecule has 4 aromatic rings. The van der Waals surface area contributed by atoms with E-state index >= 15 is 0 Å². The molecule has 1 N–H and O–H groups in total. The fraction of sp³-hybridized carbons (Fsp3) is 0.200. The summed E-state index contributed by atoms with van der Waals surface area (Å²) >= 11 is 0. The summed E-state index contributed by atoms with van der Waals surface area (Å²) in [7, 11) is 1.60. The van der Waals surface area contributed by atoms with E-state index in [0.717, 1.165) is 21.6 Å². The van der Waals surface area contributed by atoms with Crippen LogP contribution >= 0.6 is 0 Å². The first-order valence-corrected chi connectivity index (χ1v) is 12.0. The Balaban J connectivity index is 1.55. The molecule has 0 saturated carbocycles.